The van der Waals surface area contributed by atoms with E-state index in [2.05, 4.69) is 31.6 Å². The number of rotatable bonds is 7. The third-order valence-electron chi connectivity index (χ3n) is 5.66. The van der Waals surface area contributed by atoms with Gasteiger partial charge in [0.2, 0.25) is 0 Å². The molecule has 0 saturated carbocycles. The lowest BCUT2D eigenvalue weighted by atomic mass is 10.0. The first-order chi connectivity index (χ1) is 17.1. The number of pyridine rings is 2. The highest BCUT2D eigenvalue weighted by Crippen LogP contribution is 2.30. The maximum atomic E-state index is 11.3. The molecule has 10 nitrogen and oxygen atoms in total. The molecule has 10 heteroatoms. The second-order valence-corrected chi connectivity index (χ2v) is 7.83. The average Bonchev–Trinajstić information content (AvgIpc) is 3.47. The topological polar surface area (TPSA) is 145 Å². The average molecular weight is 464 g/mol. The molecule has 0 aliphatic carbocycles. The van der Waals surface area contributed by atoms with Crippen molar-refractivity contribution < 1.29 is 9.90 Å². The number of aliphatic hydroxyl groups excluding tert-OH is 1. The van der Waals surface area contributed by atoms with Gasteiger partial charge in [0.25, 0.3) is 0 Å². The number of nitrogens with one attached hydrogen (secondary N) is 2. The summed E-state index contributed by atoms with van der Waals surface area (Å²) in [7, 11) is 0. The van der Waals surface area contributed by atoms with E-state index in [1.165, 1.54) is 0 Å². The highest BCUT2D eigenvalue weighted by atomic mass is 16.3. The SMILES string of the molecule is Cc1[nH]nc(C#N)c1-c1nc(-n2cnc3cc(Nc4cccnc4C=O)ccc32)ccc1CCO. The lowest BCUT2D eigenvalue weighted by Crippen LogP contribution is -2.03. The molecule has 0 aliphatic heterocycles. The molecule has 0 spiro atoms. The largest absolute Gasteiger partial charge is 0.396 e. The number of benzene rings is 1. The minimum absolute atomic E-state index is 0.0423. The van der Waals surface area contributed by atoms with Crippen LogP contribution in [0.4, 0.5) is 11.4 Å². The van der Waals surface area contributed by atoms with Crippen molar-refractivity contribution in [2.45, 2.75) is 13.3 Å². The van der Waals surface area contributed by atoms with Crippen molar-refractivity contribution in [3.05, 3.63) is 77.6 Å². The van der Waals surface area contributed by atoms with E-state index in [0.29, 0.717) is 41.2 Å². The molecular weight excluding hydrogens is 444 g/mol. The van der Waals surface area contributed by atoms with E-state index in [0.717, 1.165) is 28.0 Å². The summed E-state index contributed by atoms with van der Waals surface area (Å²) in [6.45, 7) is 1.79. The Kier molecular flexibility index (Phi) is 5.75. The zero-order chi connectivity index (χ0) is 24.4. The van der Waals surface area contributed by atoms with Crippen molar-refractivity contribution in [2.24, 2.45) is 0 Å². The van der Waals surface area contributed by atoms with Crippen LogP contribution >= 0.6 is 0 Å². The Balaban J connectivity index is 1.56. The number of nitrogens with zero attached hydrogens (tertiary/aromatic N) is 6. The quantitative estimate of drug-likeness (QED) is 0.310. The van der Waals surface area contributed by atoms with Gasteiger partial charge >= 0.3 is 0 Å². The number of aryl methyl sites for hydroxylation is 1. The molecule has 3 N–H and O–H groups in total. The van der Waals surface area contributed by atoms with Gasteiger partial charge in [0.05, 0.1) is 28.0 Å². The van der Waals surface area contributed by atoms with E-state index >= 15 is 0 Å². The van der Waals surface area contributed by atoms with Gasteiger partial charge in [-0.25, -0.2) is 9.97 Å². The number of anilines is 2. The highest BCUT2D eigenvalue weighted by Gasteiger charge is 2.19. The van der Waals surface area contributed by atoms with Crippen molar-refractivity contribution in [1.29, 1.82) is 5.26 Å². The number of aromatic nitrogens is 6. The first-order valence-electron chi connectivity index (χ1n) is 10.8. The summed E-state index contributed by atoms with van der Waals surface area (Å²) in [4.78, 5) is 24.7. The number of hydrogen-bond acceptors (Lipinski definition) is 8. The van der Waals surface area contributed by atoms with Crippen LogP contribution in [0.3, 0.4) is 0 Å². The van der Waals surface area contributed by atoms with E-state index in [4.69, 9.17) is 4.98 Å². The number of aromatic amines is 1. The summed E-state index contributed by atoms with van der Waals surface area (Å²) < 4.78 is 1.85. The first kappa shape index (κ1) is 21.9. The highest BCUT2D eigenvalue weighted by molar-refractivity contribution is 5.86. The maximum absolute atomic E-state index is 11.3. The zero-order valence-electron chi connectivity index (χ0n) is 18.7. The molecule has 35 heavy (non-hydrogen) atoms. The van der Waals surface area contributed by atoms with Crippen molar-refractivity contribution in [3.63, 3.8) is 0 Å². The monoisotopic (exact) mass is 464 g/mol. The lowest BCUT2D eigenvalue weighted by molar-refractivity contribution is 0.112. The van der Waals surface area contributed by atoms with Crippen LogP contribution in [0.25, 0.3) is 28.1 Å². The van der Waals surface area contributed by atoms with Gasteiger partial charge in [-0.1, -0.05) is 6.07 Å². The Morgan fingerprint density at radius 3 is 2.91 bits per heavy atom. The number of hydrogen-bond donors (Lipinski definition) is 3. The zero-order valence-corrected chi connectivity index (χ0v) is 18.7. The van der Waals surface area contributed by atoms with E-state index in [9.17, 15) is 15.2 Å². The Labute approximate surface area is 199 Å². The van der Waals surface area contributed by atoms with E-state index in [1.807, 2.05) is 41.8 Å². The van der Waals surface area contributed by atoms with Crippen molar-refractivity contribution in [2.75, 3.05) is 11.9 Å². The van der Waals surface area contributed by atoms with Crippen molar-refractivity contribution >= 4 is 28.7 Å². The summed E-state index contributed by atoms with van der Waals surface area (Å²) in [6, 6.07) is 15.1. The van der Waals surface area contributed by atoms with Gasteiger partial charge in [-0.15, -0.1) is 0 Å². The van der Waals surface area contributed by atoms with Crippen LogP contribution in [0.2, 0.25) is 0 Å². The molecule has 5 rings (SSSR count). The van der Waals surface area contributed by atoms with Crippen LogP contribution in [0.5, 0.6) is 0 Å². The number of H-pyrrole nitrogens is 1. The van der Waals surface area contributed by atoms with E-state index < -0.39 is 0 Å². The number of carbonyl (C=O) groups excluding carboxylic acids is 1. The van der Waals surface area contributed by atoms with Gasteiger partial charge in [-0.05, 0) is 55.3 Å². The van der Waals surface area contributed by atoms with Gasteiger partial charge in [0, 0.05) is 24.2 Å². The summed E-state index contributed by atoms with van der Waals surface area (Å²) in [5.74, 6) is 0.616. The van der Waals surface area contributed by atoms with Crippen molar-refractivity contribution in [3.8, 4) is 23.1 Å². The van der Waals surface area contributed by atoms with Crippen LogP contribution < -0.4 is 5.32 Å². The number of carbonyl (C=O) groups is 1. The maximum Gasteiger partial charge on any atom is 0.171 e. The van der Waals surface area contributed by atoms with Crippen LogP contribution in [-0.2, 0) is 6.42 Å². The number of imidazole rings is 1. The third-order valence-corrected chi connectivity index (χ3v) is 5.66. The predicted octanol–water partition coefficient (Wildman–Crippen LogP) is 3.48. The molecule has 4 aromatic heterocycles. The molecule has 0 amide bonds. The molecule has 0 unspecified atom stereocenters. The Morgan fingerprint density at radius 1 is 1.23 bits per heavy atom. The summed E-state index contributed by atoms with van der Waals surface area (Å²) in [6.07, 6.45) is 4.35. The van der Waals surface area contributed by atoms with Crippen LogP contribution in [0.15, 0.2) is 55.0 Å². The number of nitriles is 1. The van der Waals surface area contributed by atoms with Crippen LogP contribution in [-0.4, -0.2) is 47.7 Å². The van der Waals surface area contributed by atoms with Gasteiger partial charge in [0.15, 0.2) is 12.0 Å². The fraction of sp³-hybridized carbons (Fsp3) is 0.120. The Hall–Kier alpha value is -4.88. The number of aldehydes is 1. The van der Waals surface area contributed by atoms with Crippen LogP contribution in [0, 0.1) is 18.3 Å². The Bertz CT molecular complexity index is 1600. The molecule has 0 saturated heterocycles. The molecular formula is C25H20N8O2. The fourth-order valence-electron chi connectivity index (χ4n) is 4.00. The second kappa shape index (κ2) is 9.17. The summed E-state index contributed by atoms with van der Waals surface area (Å²) in [5.41, 5.74) is 6.26. The molecule has 0 radical (unpaired) electrons. The van der Waals surface area contributed by atoms with Gasteiger partial charge in [0.1, 0.15) is 23.9 Å². The van der Waals surface area contributed by atoms with Gasteiger partial charge in [-0.2, -0.15) is 10.4 Å². The predicted molar refractivity (Wildman–Crippen MR) is 130 cm³/mol. The molecule has 0 bridgehead atoms. The molecule has 0 atom stereocenters. The molecule has 4 heterocycles. The van der Waals surface area contributed by atoms with Crippen LogP contribution in [0.1, 0.15) is 27.4 Å². The number of aliphatic hydroxyl groups is 1. The van der Waals surface area contributed by atoms with Crippen molar-refractivity contribution in [1.82, 2.24) is 29.7 Å². The van der Waals surface area contributed by atoms with E-state index in [1.54, 1.807) is 24.7 Å². The lowest BCUT2D eigenvalue weighted by Gasteiger charge is -2.12. The fourth-order valence-corrected chi connectivity index (χ4v) is 4.00. The standard InChI is InChI=1S/C25H20N8O2/c1-15-24(20(12-26)32-31-15)25-16(8-10-34)4-7-23(30-25)33-14-28-19-11-17(5-6-22(19)33)29-18-3-2-9-27-21(18)13-35/h2-7,9,11,13-14,29,34H,8,10H2,1H3,(H,31,32). The second-order valence-electron chi connectivity index (χ2n) is 7.83. The molecule has 0 fully saturated rings. The van der Waals surface area contributed by atoms with Gasteiger partial charge < -0.3 is 10.4 Å². The molecule has 172 valence electrons. The number of fused-ring (bicyclic) bond motifs is 1. The Morgan fingerprint density at radius 2 is 2.11 bits per heavy atom. The molecule has 0 aliphatic rings. The molecule has 5 aromatic rings. The third kappa shape index (κ3) is 4.01. The first-order valence-corrected chi connectivity index (χ1v) is 10.8. The summed E-state index contributed by atoms with van der Waals surface area (Å²) in [5, 5.41) is 29.2. The van der Waals surface area contributed by atoms with Gasteiger partial charge in [-0.3, -0.25) is 19.4 Å². The minimum atomic E-state index is -0.0423. The minimum Gasteiger partial charge on any atom is -0.396 e. The molecule has 1 aromatic carbocycles. The smallest absolute Gasteiger partial charge is 0.171 e. The normalized spacial score (nSPS) is 10.9. The summed E-state index contributed by atoms with van der Waals surface area (Å²) >= 11 is 0. The van der Waals surface area contributed by atoms with E-state index in [-0.39, 0.29) is 12.3 Å².